The van der Waals surface area contributed by atoms with Gasteiger partial charge in [-0.25, -0.2) is 0 Å². The van der Waals surface area contributed by atoms with Crippen molar-refractivity contribution in [2.24, 2.45) is 0 Å². The smallest absolute Gasteiger partial charge is 0.261 e. The number of thiocarbonyl (C=S) groups is 1. The number of para-hydroxylation sites is 1. The highest BCUT2D eigenvalue weighted by molar-refractivity contribution is 7.80. The summed E-state index contributed by atoms with van der Waals surface area (Å²) in [6, 6.07) is 22.8. The number of nitrogens with one attached hydrogen (secondary N) is 3. The number of carbonyl (C=O) groups is 2. The van der Waals surface area contributed by atoms with Gasteiger partial charge in [0.25, 0.3) is 11.8 Å². The Bertz CT molecular complexity index is 1020. The molecule has 0 saturated carbocycles. The van der Waals surface area contributed by atoms with Gasteiger partial charge in [0.1, 0.15) is 5.75 Å². The van der Waals surface area contributed by atoms with Crippen LogP contribution in [-0.4, -0.2) is 24.0 Å². The second-order valence-electron chi connectivity index (χ2n) is 6.01. The van der Waals surface area contributed by atoms with Gasteiger partial charge in [-0.1, -0.05) is 30.3 Å². The first kappa shape index (κ1) is 20.0. The van der Waals surface area contributed by atoms with Crippen LogP contribution in [0.15, 0.2) is 78.9 Å². The highest BCUT2D eigenvalue weighted by Crippen LogP contribution is 2.17. The second-order valence-corrected chi connectivity index (χ2v) is 6.41. The van der Waals surface area contributed by atoms with Gasteiger partial charge in [0.2, 0.25) is 0 Å². The Balaban J connectivity index is 1.57. The van der Waals surface area contributed by atoms with E-state index in [9.17, 15) is 9.59 Å². The van der Waals surface area contributed by atoms with E-state index in [4.69, 9.17) is 17.0 Å². The number of methoxy groups -OCH3 is 1. The second kappa shape index (κ2) is 9.48. The van der Waals surface area contributed by atoms with Crippen LogP contribution in [0.1, 0.15) is 20.7 Å². The van der Waals surface area contributed by atoms with Crippen molar-refractivity contribution in [1.29, 1.82) is 0 Å². The minimum Gasteiger partial charge on any atom is -0.496 e. The Morgan fingerprint density at radius 1 is 0.759 bits per heavy atom. The predicted molar refractivity (Wildman–Crippen MR) is 118 cm³/mol. The number of hydrogen-bond donors (Lipinski definition) is 3. The van der Waals surface area contributed by atoms with Crippen molar-refractivity contribution in [2.45, 2.75) is 0 Å². The molecule has 0 fully saturated rings. The summed E-state index contributed by atoms with van der Waals surface area (Å²) < 4.78 is 5.18. The molecule has 3 aromatic rings. The quantitative estimate of drug-likeness (QED) is 0.558. The molecule has 0 saturated heterocycles. The van der Waals surface area contributed by atoms with Crippen molar-refractivity contribution in [3.8, 4) is 5.75 Å². The molecule has 0 radical (unpaired) electrons. The zero-order valence-corrected chi connectivity index (χ0v) is 16.5. The van der Waals surface area contributed by atoms with Gasteiger partial charge in [-0.3, -0.25) is 14.9 Å². The van der Waals surface area contributed by atoms with E-state index in [1.54, 1.807) is 60.7 Å². The maximum Gasteiger partial charge on any atom is 0.261 e. The van der Waals surface area contributed by atoms with Crippen molar-refractivity contribution >= 4 is 40.5 Å². The Morgan fingerprint density at radius 2 is 1.34 bits per heavy atom. The first-order valence-electron chi connectivity index (χ1n) is 8.78. The topological polar surface area (TPSA) is 79.5 Å². The molecule has 0 bridgehead atoms. The largest absolute Gasteiger partial charge is 0.496 e. The number of amides is 2. The van der Waals surface area contributed by atoms with E-state index in [-0.39, 0.29) is 16.9 Å². The van der Waals surface area contributed by atoms with Crippen molar-refractivity contribution < 1.29 is 14.3 Å². The van der Waals surface area contributed by atoms with E-state index in [0.29, 0.717) is 28.3 Å². The van der Waals surface area contributed by atoms with Crippen molar-refractivity contribution in [2.75, 3.05) is 17.7 Å². The van der Waals surface area contributed by atoms with Crippen LogP contribution < -0.4 is 20.7 Å². The average molecular weight is 405 g/mol. The third-order valence-corrected chi connectivity index (χ3v) is 4.22. The van der Waals surface area contributed by atoms with Gasteiger partial charge in [-0.05, 0) is 60.7 Å². The fourth-order valence-electron chi connectivity index (χ4n) is 2.59. The first-order valence-corrected chi connectivity index (χ1v) is 9.19. The van der Waals surface area contributed by atoms with E-state index < -0.39 is 0 Å². The molecule has 2 amide bonds. The molecule has 0 spiro atoms. The summed E-state index contributed by atoms with van der Waals surface area (Å²) in [5.41, 5.74) is 2.29. The molecule has 3 rings (SSSR count). The molecule has 3 aromatic carbocycles. The van der Waals surface area contributed by atoms with Gasteiger partial charge in [-0.2, -0.15) is 0 Å². The number of hydrogen-bond acceptors (Lipinski definition) is 4. The summed E-state index contributed by atoms with van der Waals surface area (Å²) in [6.07, 6.45) is 0. The Kier molecular flexibility index (Phi) is 6.55. The van der Waals surface area contributed by atoms with E-state index in [0.717, 1.165) is 0 Å². The Labute approximate surface area is 173 Å². The van der Waals surface area contributed by atoms with Crippen LogP contribution in [-0.2, 0) is 0 Å². The summed E-state index contributed by atoms with van der Waals surface area (Å²) in [7, 11) is 1.50. The lowest BCUT2D eigenvalue weighted by Gasteiger charge is -2.12. The number of ether oxygens (including phenoxy) is 1. The molecule has 0 aliphatic carbocycles. The SMILES string of the molecule is COc1ccccc1C(=O)NC(=S)Nc1ccc(NC(=O)c2ccccc2)cc1. The minimum absolute atomic E-state index is 0.155. The van der Waals surface area contributed by atoms with Crippen LogP contribution in [0.25, 0.3) is 0 Å². The zero-order valence-electron chi connectivity index (χ0n) is 15.6. The molecule has 0 atom stereocenters. The van der Waals surface area contributed by atoms with Gasteiger partial charge in [0.05, 0.1) is 12.7 Å². The Hall–Kier alpha value is -3.71. The maximum absolute atomic E-state index is 12.4. The van der Waals surface area contributed by atoms with E-state index in [2.05, 4.69) is 16.0 Å². The van der Waals surface area contributed by atoms with Gasteiger partial charge < -0.3 is 15.4 Å². The maximum atomic E-state index is 12.4. The number of anilines is 2. The molecule has 7 heteroatoms. The molecule has 3 N–H and O–H groups in total. The number of benzene rings is 3. The van der Waals surface area contributed by atoms with Crippen molar-refractivity contribution in [1.82, 2.24) is 5.32 Å². The van der Waals surface area contributed by atoms with Crippen LogP contribution in [0.4, 0.5) is 11.4 Å². The monoisotopic (exact) mass is 405 g/mol. The molecule has 29 heavy (non-hydrogen) atoms. The molecule has 0 aromatic heterocycles. The van der Waals surface area contributed by atoms with Gasteiger partial charge in [-0.15, -0.1) is 0 Å². The fourth-order valence-corrected chi connectivity index (χ4v) is 2.81. The molecular weight excluding hydrogens is 386 g/mol. The van der Waals surface area contributed by atoms with E-state index >= 15 is 0 Å². The summed E-state index contributed by atoms with van der Waals surface area (Å²) >= 11 is 5.20. The van der Waals surface area contributed by atoms with Crippen LogP contribution in [0.3, 0.4) is 0 Å². The lowest BCUT2D eigenvalue weighted by molar-refractivity contribution is 0.0973. The zero-order chi connectivity index (χ0) is 20.6. The number of rotatable bonds is 5. The summed E-state index contributed by atoms with van der Waals surface area (Å²) in [5, 5.41) is 8.53. The van der Waals surface area contributed by atoms with Crippen molar-refractivity contribution in [3.63, 3.8) is 0 Å². The standard InChI is InChI=1S/C22H19N3O3S/c1-28-19-10-6-5-9-18(19)21(27)25-22(29)24-17-13-11-16(12-14-17)23-20(26)15-7-3-2-4-8-15/h2-14H,1H3,(H,23,26)(H2,24,25,27,29). The lowest BCUT2D eigenvalue weighted by Crippen LogP contribution is -2.34. The predicted octanol–water partition coefficient (Wildman–Crippen LogP) is 4.07. The highest BCUT2D eigenvalue weighted by Gasteiger charge is 2.13. The molecule has 0 aliphatic heterocycles. The van der Waals surface area contributed by atoms with Crippen LogP contribution in [0, 0.1) is 0 Å². The third kappa shape index (κ3) is 5.40. The lowest BCUT2D eigenvalue weighted by atomic mass is 10.2. The Morgan fingerprint density at radius 3 is 2.00 bits per heavy atom. The van der Waals surface area contributed by atoms with E-state index in [1.807, 2.05) is 18.2 Å². The molecule has 6 nitrogen and oxygen atoms in total. The molecule has 146 valence electrons. The van der Waals surface area contributed by atoms with Gasteiger partial charge >= 0.3 is 0 Å². The molecule has 0 heterocycles. The highest BCUT2D eigenvalue weighted by atomic mass is 32.1. The van der Waals surface area contributed by atoms with Gasteiger partial charge in [0, 0.05) is 16.9 Å². The fraction of sp³-hybridized carbons (Fsp3) is 0.0455. The summed E-state index contributed by atoms with van der Waals surface area (Å²) in [6.45, 7) is 0. The molecule has 0 aliphatic rings. The van der Waals surface area contributed by atoms with Gasteiger partial charge in [0.15, 0.2) is 5.11 Å². The van der Waals surface area contributed by atoms with E-state index in [1.165, 1.54) is 7.11 Å². The van der Waals surface area contributed by atoms with Crippen LogP contribution in [0.2, 0.25) is 0 Å². The van der Waals surface area contributed by atoms with Crippen molar-refractivity contribution in [3.05, 3.63) is 90.0 Å². The van der Waals surface area contributed by atoms with Crippen LogP contribution >= 0.6 is 12.2 Å². The molecule has 0 unspecified atom stereocenters. The third-order valence-electron chi connectivity index (χ3n) is 4.02. The summed E-state index contributed by atoms with van der Waals surface area (Å²) in [4.78, 5) is 24.5. The minimum atomic E-state index is -0.369. The first-order chi connectivity index (χ1) is 14.1. The summed E-state index contributed by atoms with van der Waals surface area (Å²) in [5.74, 6) is -0.0936. The molecular formula is C22H19N3O3S. The van der Waals surface area contributed by atoms with Crippen LogP contribution in [0.5, 0.6) is 5.75 Å². The number of carbonyl (C=O) groups excluding carboxylic acids is 2. The normalized spacial score (nSPS) is 9.97. The average Bonchev–Trinajstić information content (AvgIpc) is 2.75.